The summed E-state index contributed by atoms with van der Waals surface area (Å²) in [7, 11) is 0. The van der Waals surface area contributed by atoms with Gasteiger partial charge in [0.05, 0.1) is 17.2 Å². The summed E-state index contributed by atoms with van der Waals surface area (Å²) in [6, 6.07) is 4.33. The number of phenols is 1. The van der Waals surface area contributed by atoms with Crippen molar-refractivity contribution in [2.24, 2.45) is 5.92 Å². The van der Waals surface area contributed by atoms with E-state index in [9.17, 15) is 9.90 Å². The van der Waals surface area contributed by atoms with Gasteiger partial charge in [-0.05, 0) is 37.0 Å². The molecule has 0 spiro atoms. The van der Waals surface area contributed by atoms with Crippen molar-refractivity contribution in [3.8, 4) is 5.75 Å². The largest absolute Gasteiger partial charge is 0.508 e. The van der Waals surface area contributed by atoms with Crippen molar-refractivity contribution in [1.29, 1.82) is 0 Å². The average molecular weight is 270 g/mol. The molecule has 1 saturated heterocycles. The second kappa shape index (κ2) is 6.07. The molecule has 1 unspecified atom stereocenters. The highest BCUT2D eigenvalue weighted by Crippen LogP contribution is 2.21. The molecule has 0 radical (unpaired) electrons. The standard InChI is InChI=1S/C13H16ClNO3/c14-12-4-3-10(16)6-11(12)13(17)15-7-9-2-1-5-18-8-9/h3-4,6,9,16H,1-2,5,7-8H2,(H,15,17). The number of carbonyl (C=O) groups excluding carboxylic acids is 1. The number of amides is 1. The van der Waals surface area contributed by atoms with Crippen molar-refractivity contribution < 1.29 is 14.6 Å². The van der Waals surface area contributed by atoms with Gasteiger partial charge >= 0.3 is 0 Å². The fourth-order valence-electron chi connectivity index (χ4n) is 1.99. The summed E-state index contributed by atoms with van der Waals surface area (Å²) >= 11 is 5.92. The van der Waals surface area contributed by atoms with E-state index in [1.54, 1.807) is 0 Å². The molecule has 2 N–H and O–H groups in total. The number of hydrogen-bond donors (Lipinski definition) is 2. The number of ether oxygens (including phenoxy) is 1. The van der Waals surface area contributed by atoms with E-state index in [0.29, 0.717) is 29.7 Å². The van der Waals surface area contributed by atoms with Gasteiger partial charge in [-0.2, -0.15) is 0 Å². The Morgan fingerprint density at radius 2 is 2.39 bits per heavy atom. The van der Waals surface area contributed by atoms with Crippen molar-refractivity contribution >= 4 is 17.5 Å². The lowest BCUT2D eigenvalue weighted by Gasteiger charge is -2.22. The molecule has 1 aliphatic heterocycles. The van der Waals surface area contributed by atoms with Crippen LogP contribution in [0.2, 0.25) is 5.02 Å². The Labute approximate surface area is 111 Å². The number of hydrogen-bond acceptors (Lipinski definition) is 3. The van der Waals surface area contributed by atoms with E-state index in [1.807, 2.05) is 0 Å². The normalized spacial score (nSPS) is 19.5. The zero-order chi connectivity index (χ0) is 13.0. The van der Waals surface area contributed by atoms with Gasteiger partial charge in [0.2, 0.25) is 0 Å². The van der Waals surface area contributed by atoms with Gasteiger partial charge in [-0.15, -0.1) is 0 Å². The molecule has 18 heavy (non-hydrogen) atoms. The second-order valence-electron chi connectivity index (χ2n) is 4.46. The van der Waals surface area contributed by atoms with Gasteiger partial charge in [0, 0.05) is 13.2 Å². The molecule has 0 bridgehead atoms. The maximum atomic E-state index is 11.9. The van der Waals surface area contributed by atoms with Crippen molar-refractivity contribution in [3.05, 3.63) is 28.8 Å². The predicted octanol–water partition coefficient (Wildman–Crippen LogP) is 2.20. The Balaban J connectivity index is 1.92. The third kappa shape index (κ3) is 3.37. The first-order chi connectivity index (χ1) is 8.66. The summed E-state index contributed by atoms with van der Waals surface area (Å²) in [4.78, 5) is 11.9. The van der Waals surface area contributed by atoms with Crippen LogP contribution in [0.5, 0.6) is 5.75 Å². The molecule has 1 fully saturated rings. The molecule has 4 nitrogen and oxygen atoms in total. The monoisotopic (exact) mass is 269 g/mol. The molecule has 1 amide bonds. The van der Waals surface area contributed by atoms with Crippen LogP contribution in [-0.2, 0) is 4.74 Å². The third-order valence-electron chi connectivity index (χ3n) is 3.00. The van der Waals surface area contributed by atoms with E-state index < -0.39 is 0 Å². The fourth-order valence-corrected chi connectivity index (χ4v) is 2.19. The number of halogens is 1. The molecular formula is C13H16ClNO3. The van der Waals surface area contributed by atoms with Crippen LogP contribution in [0.4, 0.5) is 0 Å². The molecule has 1 heterocycles. The number of rotatable bonds is 3. The molecule has 98 valence electrons. The number of benzene rings is 1. The molecular weight excluding hydrogens is 254 g/mol. The van der Waals surface area contributed by atoms with Gasteiger partial charge in [0.15, 0.2) is 0 Å². The highest BCUT2D eigenvalue weighted by Gasteiger charge is 2.16. The van der Waals surface area contributed by atoms with Gasteiger partial charge in [-0.1, -0.05) is 11.6 Å². The molecule has 5 heteroatoms. The van der Waals surface area contributed by atoms with Gasteiger partial charge in [-0.3, -0.25) is 4.79 Å². The van der Waals surface area contributed by atoms with Crippen LogP contribution < -0.4 is 5.32 Å². The first kappa shape index (κ1) is 13.2. The maximum Gasteiger partial charge on any atom is 0.252 e. The van der Waals surface area contributed by atoms with Gasteiger partial charge in [0.25, 0.3) is 5.91 Å². The summed E-state index contributed by atoms with van der Waals surface area (Å²) in [5.74, 6) is 0.130. The van der Waals surface area contributed by atoms with E-state index in [4.69, 9.17) is 16.3 Å². The summed E-state index contributed by atoms with van der Waals surface area (Å²) < 4.78 is 5.35. The number of aromatic hydroxyl groups is 1. The minimum absolute atomic E-state index is 0.0329. The lowest BCUT2D eigenvalue weighted by Crippen LogP contribution is -2.33. The minimum Gasteiger partial charge on any atom is -0.508 e. The van der Waals surface area contributed by atoms with Crippen molar-refractivity contribution in [2.75, 3.05) is 19.8 Å². The van der Waals surface area contributed by atoms with E-state index in [-0.39, 0.29) is 11.7 Å². The molecule has 1 aliphatic rings. The lowest BCUT2D eigenvalue weighted by molar-refractivity contribution is 0.0536. The highest BCUT2D eigenvalue weighted by molar-refractivity contribution is 6.33. The summed E-state index contributed by atoms with van der Waals surface area (Å²) in [5, 5.41) is 12.5. The van der Waals surface area contributed by atoms with Gasteiger partial charge in [-0.25, -0.2) is 0 Å². The molecule has 0 aliphatic carbocycles. The molecule has 0 aromatic heterocycles. The summed E-state index contributed by atoms with van der Waals surface area (Å²) in [6.45, 7) is 2.07. The van der Waals surface area contributed by atoms with Crippen LogP contribution in [0.1, 0.15) is 23.2 Å². The van der Waals surface area contributed by atoms with E-state index >= 15 is 0 Å². The van der Waals surface area contributed by atoms with Gasteiger partial charge in [0.1, 0.15) is 5.75 Å². The first-order valence-corrected chi connectivity index (χ1v) is 6.39. The zero-order valence-corrected chi connectivity index (χ0v) is 10.7. The second-order valence-corrected chi connectivity index (χ2v) is 4.86. The van der Waals surface area contributed by atoms with Crippen LogP contribution in [0.25, 0.3) is 0 Å². The van der Waals surface area contributed by atoms with Crippen LogP contribution in [0.15, 0.2) is 18.2 Å². The van der Waals surface area contributed by atoms with Crippen LogP contribution in [-0.4, -0.2) is 30.8 Å². The highest BCUT2D eigenvalue weighted by atomic mass is 35.5. The number of nitrogens with one attached hydrogen (secondary N) is 1. The van der Waals surface area contributed by atoms with Crippen molar-refractivity contribution in [1.82, 2.24) is 5.32 Å². The first-order valence-electron chi connectivity index (χ1n) is 6.01. The summed E-state index contributed by atoms with van der Waals surface area (Å²) in [5.41, 5.74) is 0.299. The minimum atomic E-state index is -0.263. The van der Waals surface area contributed by atoms with E-state index in [0.717, 1.165) is 19.4 Å². The Morgan fingerprint density at radius 3 is 3.11 bits per heavy atom. The quantitative estimate of drug-likeness (QED) is 0.884. The Morgan fingerprint density at radius 1 is 1.56 bits per heavy atom. The molecule has 0 saturated carbocycles. The zero-order valence-electron chi connectivity index (χ0n) is 9.99. The van der Waals surface area contributed by atoms with Crippen LogP contribution >= 0.6 is 11.6 Å². The van der Waals surface area contributed by atoms with Gasteiger partial charge < -0.3 is 15.2 Å². The Kier molecular flexibility index (Phi) is 4.44. The maximum absolute atomic E-state index is 11.9. The molecule has 1 aromatic rings. The molecule has 1 atom stereocenters. The fraction of sp³-hybridized carbons (Fsp3) is 0.462. The smallest absolute Gasteiger partial charge is 0.252 e. The molecule has 2 rings (SSSR count). The Hall–Kier alpha value is -1.26. The summed E-state index contributed by atoms with van der Waals surface area (Å²) in [6.07, 6.45) is 2.10. The van der Waals surface area contributed by atoms with E-state index in [1.165, 1.54) is 18.2 Å². The molecule has 1 aromatic carbocycles. The lowest BCUT2D eigenvalue weighted by atomic mass is 10.0. The average Bonchev–Trinajstić information content (AvgIpc) is 2.40. The van der Waals surface area contributed by atoms with Crippen LogP contribution in [0, 0.1) is 5.92 Å². The SMILES string of the molecule is O=C(NCC1CCCOC1)c1cc(O)ccc1Cl. The Bertz CT molecular complexity index is 430. The van der Waals surface area contributed by atoms with Crippen molar-refractivity contribution in [2.45, 2.75) is 12.8 Å². The third-order valence-corrected chi connectivity index (χ3v) is 3.33. The number of carbonyl (C=O) groups is 1. The van der Waals surface area contributed by atoms with Crippen LogP contribution in [0.3, 0.4) is 0 Å². The van der Waals surface area contributed by atoms with Crippen molar-refractivity contribution in [3.63, 3.8) is 0 Å². The number of phenolic OH excluding ortho intramolecular Hbond substituents is 1. The van der Waals surface area contributed by atoms with E-state index in [2.05, 4.69) is 5.32 Å². The topological polar surface area (TPSA) is 58.6 Å². The predicted molar refractivity (Wildman–Crippen MR) is 69.0 cm³/mol.